The van der Waals surface area contributed by atoms with E-state index in [9.17, 15) is 0 Å². The molecule has 0 atom stereocenters. The lowest BCUT2D eigenvalue weighted by Crippen LogP contribution is -2.26. The molecule has 16 heavy (non-hydrogen) atoms. The van der Waals surface area contributed by atoms with Gasteiger partial charge in [-0.25, -0.2) is 0 Å². The maximum atomic E-state index is 2.45. The summed E-state index contributed by atoms with van der Waals surface area (Å²) in [7, 11) is 0. The zero-order valence-electron chi connectivity index (χ0n) is 11.1. The average molecular weight is 216 g/mol. The standard InChI is InChI=1S/C16H24/c1-12(2)11-16(3,4)15-9-13-7-5-6-8-14(13)10-15/h5-8,12,15H,9-11H2,1-4H3. The van der Waals surface area contributed by atoms with Gasteiger partial charge in [-0.15, -0.1) is 0 Å². The minimum Gasteiger partial charge on any atom is -0.0628 e. The molecule has 2 rings (SSSR count). The van der Waals surface area contributed by atoms with E-state index >= 15 is 0 Å². The number of benzene rings is 1. The highest BCUT2D eigenvalue weighted by molar-refractivity contribution is 5.32. The van der Waals surface area contributed by atoms with E-state index in [1.807, 2.05) is 0 Å². The van der Waals surface area contributed by atoms with Crippen molar-refractivity contribution in [3.63, 3.8) is 0 Å². The highest BCUT2D eigenvalue weighted by Crippen LogP contribution is 2.42. The van der Waals surface area contributed by atoms with Crippen LogP contribution in [0.2, 0.25) is 0 Å². The van der Waals surface area contributed by atoms with Crippen molar-refractivity contribution in [1.82, 2.24) is 0 Å². The third-order valence-electron chi connectivity index (χ3n) is 4.09. The van der Waals surface area contributed by atoms with E-state index in [2.05, 4.69) is 52.0 Å². The summed E-state index contributed by atoms with van der Waals surface area (Å²) in [6.45, 7) is 9.57. The van der Waals surface area contributed by atoms with Crippen LogP contribution in [0.25, 0.3) is 0 Å². The maximum absolute atomic E-state index is 2.45. The molecule has 0 heterocycles. The maximum Gasteiger partial charge on any atom is -0.0239 e. The number of hydrogen-bond donors (Lipinski definition) is 0. The second-order valence-corrected chi connectivity index (χ2v) is 6.46. The third kappa shape index (κ3) is 2.31. The van der Waals surface area contributed by atoms with Crippen LogP contribution in [-0.2, 0) is 12.8 Å². The van der Waals surface area contributed by atoms with Gasteiger partial charge in [-0.2, -0.15) is 0 Å². The predicted octanol–water partition coefficient (Wildman–Crippen LogP) is 4.47. The first-order valence-corrected chi connectivity index (χ1v) is 6.56. The molecule has 1 aliphatic rings. The van der Waals surface area contributed by atoms with Gasteiger partial charge in [0.15, 0.2) is 0 Å². The van der Waals surface area contributed by atoms with E-state index in [4.69, 9.17) is 0 Å². The lowest BCUT2D eigenvalue weighted by Gasteiger charge is -2.33. The van der Waals surface area contributed by atoms with Crippen LogP contribution < -0.4 is 0 Å². The average Bonchev–Trinajstić information content (AvgIpc) is 2.59. The van der Waals surface area contributed by atoms with Crippen molar-refractivity contribution < 1.29 is 0 Å². The van der Waals surface area contributed by atoms with E-state index in [1.165, 1.54) is 19.3 Å². The normalized spacial score (nSPS) is 16.8. The van der Waals surface area contributed by atoms with E-state index in [1.54, 1.807) is 11.1 Å². The summed E-state index contributed by atoms with van der Waals surface area (Å²) in [5, 5.41) is 0. The van der Waals surface area contributed by atoms with Crippen molar-refractivity contribution in [3.05, 3.63) is 35.4 Å². The van der Waals surface area contributed by atoms with Crippen LogP contribution in [0.3, 0.4) is 0 Å². The second-order valence-electron chi connectivity index (χ2n) is 6.46. The Morgan fingerprint density at radius 3 is 2.06 bits per heavy atom. The Morgan fingerprint density at radius 2 is 1.62 bits per heavy atom. The van der Waals surface area contributed by atoms with Crippen LogP contribution in [-0.4, -0.2) is 0 Å². The van der Waals surface area contributed by atoms with Crippen LogP contribution in [0, 0.1) is 17.3 Å². The smallest absolute Gasteiger partial charge is 0.0239 e. The summed E-state index contributed by atoms with van der Waals surface area (Å²) in [5.41, 5.74) is 3.65. The summed E-state index contributed by atoms with van der Waals surface area (Å²) >= 11 is 0. The first-order chi connectivity index (χ1) is 7.49. The summed E-state index contributed by atoms with van der Waals surface area (Å²) in [6, 6.07) is 8.97. The Balaban J connectivity index is 2.11. The monoisotopic (exact) mass is 216 g/mol. The number of fused-ring (bicyclic) bond motifs is 1. The van der Waals surface area contributed by atoms with Gasteiger partial charge in [0.05, 0.1) is 0 Å². The molecule has 0 aromatic heterocycles. The van der Waals surface area contributed by atoms with Crippen molar-refractivity contribution in [2.45, 2.75) is 47.0 Å². The van der Waals surface area contributed by atoms with E-state index in [0.29, 0.717) is 5.41 Å². The molecule has 0 saturated heterocycles. The zero-order chi connectivity index (χ0) is 11.8. The number of hydrogen-bond acceptors (Lipinski definition) is 0. The minimum atomic E-state index is 0.479. The fourth-order valence-corrected chi connectivity index (χ4v) is 3.33. The first kappa shape index (κ1) is 11.7. The second kappa shape index (κ2) is 4.24. The van der Waals surface area contributed by atoms with Gasteiger partial charge in [0.25, 0.3) is 0 Å². The largest absolute Gasteiger partial charge is 0.0628 e. The van der Waals surface area contributed by atoms with Gasteiger partial charge >= 0.3 is 0 Å². The quantitative estimate of drug-likeness (QED) is 0.699. The van der Waals surface area contributed by atoms with Crippen LogP contribution in [0.15, 0.2) is 24.3 Å². The van der Waals surface area contributed by atoms with E-state index < -0.39 is 0 Å². The van der Waals surface area contributed by atoms with Crippen molar-refractivity contribution in [3.8, 4) is 0 Å². The van der Waals surface area contributed by atoms with Crippen molar-refractivity contribution >= 4 is 0 Å². The molecule has 0 amide bonds. The molecule has 0 bridgehead atoms. The van der Waals surface area contributed by atoms with Crippen LogP contribution in [0.5, 0.6) is 0 Å². The topological polar surface area (TPSA) is 0 Å². The van der Waals surface area contributed by atoms with Crippen LogP contribution in [0.4, 0.5) is 0 Å². The lowest BCUT2D eigenvalue weighted by atomic mass is 9.72. The Hall–Kier alpha value is -0.780. The Kier molecular flexibility index (Phi) is 3.10. The molecule has 1 aromatic carbocycles. The molecule has 0 fully saturated rings. The summed E-state index contributed by atoms with van der Waals surface area (Å²) in [4.78, 5) is 0. The summed E-state index contributed by atoms with van der Waals surface area (Å²) < 4.78 is 0. The van der Waals surface area contributed by atoms with Gasteiger partial charge < -0.3 is 0 Å². The van der Waals surface area contributed by atoms with Crippen molar-refractivity contribution in [1.29, 1.82) is 0 Å². The molecule has 0 nitrogen and oxygen atoms in total. The molecule has 1 aromatic rings. The zero-order valence-corrected chi connectivity index (χ0v) is 11.1. The molecule has 0 radical (unpaired) electrons. The molecule has 88 valence electrons. The number of rotatable bonds is 3. The molecule has 0 unspecified atom stereocenters. The fraction of sp³-hybridized carbons (Fsp3) is 0.625. The minimum absolute atomic E-state index is 0.479. The Bertz CT molecular complexity index is 335. The first-order valence-electron chi connectivity index (χ1n) is 6.56. The predicted molar refractivity (Wildman–Crippen MR) is 70.6 cm³/mol. The molecule has 0 N–H and O–H groups in total. The SMILES string of the molecule is CC(C)CC(C)(C)C1Cc2ccccc2C1. The Morgan fingerprint density at radius 1 is 1.12 bits per heavy atom. The molecule has 0 spiro atoms. The molecule has 1 aliphatic carbocycles. The Labute approximate surface area is 100 Å². The van der Waals surface area contributed by atoms with Gasteiger partial charge in [0.2, 0.25) is 0 Å². The fourth-order valence-electron chi connectivity index (χ4n) is 3.33. The highest BCUT2D eigenvalue weighted by atomic mass is 14.4. The van der Waals surface area contributed by atoms with Crippen LogP contribution >= 0.6 is 0 Å². The molecular formula is C16H24. The third-order valence-corrected chi connectivity index (χ3v) is 4.09. The van der Waals surface area contributed by atoms with Gasteiger partial charge in [-0.05, 0) is 47.6 Å². The van der Waals surface area contributed by atoms with Crippen molar-refractivity contribution in [2.24, 2.45) is 17.3 Å². The summed E-state index contributed by atoms with van der Waals surface area (Å²) in [6.07, 6.45) is 3.91. The van der Waals surface area contributed by atoms with Crippen molar-refractivity contribution in [2.75, 3.05) is 0 Å². The molecule has 0 saturated carbocycles. The van der Waals surface area contributed by atoms with Crippen LogP contribution in [0.1, 0.15) is 45.2 Å². The van der Waals surface area contributed by atoms with Gasteiger partial charge in [-0.1, -0.05) is 52.0 Å². The lowest BCUT2D eigenvalue weighted by molar-refractivity contribution is 0.177. The van der Waals surface area contributed by atoms with E-state index in [-0.39, 0.29) is 0 Å². The molecule has 0 heteroatoms. The highest BCUT2D eigenvalue weighted by Gasteiger charge is 2.34. The summed E-state index contributed by atoms with van der Waals surface area (Å²) in [5.74, 6) is 1.64. The van der Waals surface area contributed by atoms with Gasteiger partial charge in [-0.3, -0.25) is 0 Å². The molecular weight excluding hydrogens is 192 g/mol. The van der Waals surface area contributed by atoms with E-state index in [0.717, 1.165) is 11.8 Å². The van der Waals surface area contributed by atoms with Gasteiger partial charge in [0, 0.05) is 0 Å². The molecule has 0 aliphatic heterocycles. The van der Waals surface area contributed by atoms with Gasteiger partial charge in [0.1, 0.15) is 0 Å².